The first kappa shape index (κ1) is 28.4. The van der Waals surface area contributed by atoms with Crippen LogP contribution >= 0.6 is 7.72 Å². The van der Waals surface area contributed by atoms with Crippen LogP contribution in [0.1, 0.15) is 52.4 Å². The fourth-order valence-corrected chi connectivity index (χ4v) is 6.87. The molecule has 36 heavy (non-hydrogen) atoms. The molecule has 9 nitrogen and oxygen atoms in total. The molecule has 0 aromatic heterocycles. The number of hydrogen-bond acceptors (Lipinski definition) is 7. The Labute approximate surface area is 213 Å². The van der Waals surface area contributed by atoms with Gasteiger partial charge >= 0.3 is 0 Å². The number of nitrogens with zero attached hydrogens (tertiary/aromatic N) is 1. The molecule has 2 aliphatic rings. The number of para-hydroxylation sites is 1. The highest BCUT2D eigenvalue weighted by molar-refractivity contribution is 7.65. The van der Waals surface area contributed by atoms with Crippen LogP contribution in [0.25, 0.3) is 5.57 Å². The van der Waals surface area contributed by atoms with E-state index in [0.29, 0.717) is 6.54 Å². The van der Waals surface area contributed by atoms with E-state index in [1.54, 1.807) is 0 Å². The van der Waals surface area contributed by atoms with Crippen LogP contribution in [0, 0.1) is 11.8 Å². The maximum absolute atomic E-state index is 13.1. The van der Waals surface area contributed by atoms with Crippen LogP contribution in [0.2, 0.25) is 0 Å². The summed E-state index contributed by atoms with van der Waals surface area (Å²) in [5.41, 5.74) is 6.90. The normalized spacial score (nSPS) is 17.8. The third-order valence-electron chi connectivity index (χ3n) is 6.99. The summed E-state index contributed by atoms with van der Waals surface area (Å²) in [6.07, 6.45) is 5.41. The molecule has 0 unspecified atom stereocenters. The average molecular weight is 520 g/mol. The maximum Gasteiger partial charge on any atom is 0.275 e. The molecule has 0 bridgehead atoms. The van der Waals surface area contributed by atoms with E-state index < -0.39 is 37.4 Å². The number of carbonyl (C=O) groups is 3. The van der Waals surface area contributed by atoms with Gasteiger partial charge < -0.3 is 16.4 Å². The molecular weight excluding hydrogens is 479 g/mol. The van der Waals surface area contributed by atoms with Crippen LogP contribution in [0.5, 0.6) is 0 Å². The monoisotopic (exact) mass is 519 g/mol. The lowest BCUT2D eigenvalue weighted by Gasteiger charge is -2.24. The van der Waals surface area contributed by atoms with Gasteiger partial charge in [0.25, 0.3) is 7.72 Å². The summed E-state index contributed by atoms with van der Waals surface area (Å²) in [6, 6.07) is 5.91. The zero-order valence-corrected chi connectivity index (χ0v) is 22.2. The molecule has 1 heterocycles. The van der Waals surface area contributed by atoms with Gasteiger partial charge in [0.2, 0.25) is 11.8 Å². The first-order valence-corrected chi connectivity index (χ1v) is 14.9. The summed E-state index contributed by atoms with van der Waals surface area (Å²) in [6.45, 7) is 3.75. The van der Waals surface area contributed by atoms with Crippen LogP contribution in [0.4, 0.5) is 0 Å². The molecule has 198 valence electrons. The highest BCUT2D eigenvalue weighted by atomic mass is 31.2. The molecule has 10 heteroatoms. The van der Waals surface area contributed by atoms with E-state index in [1.807, 2.05) is 38.1 Å². The van der Waals surface area contributed by atoms with Crippen molar-refractivity contribution in [3.8, 4) is 0 Å². The van der Waals surface area contributed by atoms with Crippen LogP contribution in [0.15, 0.2) is 29.3 Å². The molecule has 1 aromatic rings. The number of carbonyl (C=O) groups excluding carboxylic acids is 3. The molecule has 1 saturated carbocycles. The molecule has 1 aliphatic carbocycles. The minimum atomic E-state index is -3.36. The molecule has 1 fully saturated rings. The Morgan fingerprint density at radius 1 is 1.11 bits per heavy atom. The predicted octanol–water partition coefficient (Wildman–Crippen LogP) is 0.427. The number of amides is 2. The second-order valence-electron chi connectivity index (χ2n) is 10.5. The van der Waals surface area contributed by atoms with E-state index in [4.69, 9.17) is 5.73 Å². The number of nitrogens with one attached hydrogen (secondary N) is 2. The molecule has 2 amide bonds. The first-order chi connectivity index (χ1) is 17.1. The quantitative estimate of drug-likeness (QED) is 0.252. The van der Waals surface area contributed by atoms with Crippen molar-refractivity contribution < 1.29 is 24.2 Å². The van der Waals surface area contributed by atoms with Crippen molar-refractivity contribution in [1.82, 2.24) is 10.6 Å². The van der Waals surface area contributed by atoms with Gasteiger partial charge in [-0.3, -0.25) is 19.4 Å². The van der Waals surface area contributed by atoms with Crippen LogP contribution in [-0.2, 0) is 14.4 Å². The molecule has 1 aliphatic heterocycles. The van der Waals surface area contributed by atoms with E-state index in [9.17, 15) is 24.2 Å². The third-order valence-corrected chi connectivity index (χ3v) is 8.95. The van der Waals surface area contributed by atoms with Gasteiger partial charge in [-0.2, -0.15) is 0 Å². The number of Topliss-reactive ketones (excluding diaryl/α,β-unsaturated/α-hetero) is 1. The van der Waals surface area contributed by atoms with Gasteiger partial charge in [0.05, 0.1) is 24.5 Å². The Hall–Kier alpha value is -2.19. The van der Waals surface area contributed by atoms with Gasteiger partial charge in [-0.1, -0.05) is 51.3 Å². The summed E-state index contributed by atoms with van der Waals surface area (Å²) in [7, 11) is -3.36. The Morgan fingerprint density at radius 3 is 2.50 bits per heavy atom. The van der Waals surface area contributed by atoms with E-state index in [0.717, 1.165) is 41.8 Å². The summed E-state index contributed by atoms with van der Waals surface area (Å²) >= 11 is 0. The lowest BCUT2D eigenvalue weighted by molar-refractivity contribution is -0.130. The van der Waals surface area contributed by atoms with E-state index in [1.165, 1.54) is 6.42 Å². The van der Waals surface area contributed by atoms with Crippen molar-refractivity contribution in [2.24, 2.45) is 22.6 Å². The zero-order valence-electron chi connectivity index (χ0n) is 21.3. The van der Waals surface area contributed by atoms with Crippen molar-refractivity contribution in [3.63, 3.8) is 0 Å². The highest BCUT2D eigenvalue weighted by Gasteiger charge is 2.39. The highest BCUT2D eigenvalue weighted by Crippen LogP contribution is 2.52. The Morgan fingerprint density at radius 2 is 1.81 bits per heavy atom. The Balaban J connectivity index is 1.63. The van der Waals surface area contributed by atoms with Gasteiger partial charge in [-0.25, -0.2) is 9.79 Å². The fraction of sp³-hybridized carbons (Fsp3) is 0.615. The average Bonchev–Trinajstić information content (AvgIpc) is 3.24. The molecule has 0 saturated heterocycles. The predicted molar refractivity (Wildman–Crippen MR) is 141 cm³/mol. The standard InChI is InChI=1S/C26H39N4O5P/c1-17(2)24(27)26(33)30-23(12-19-13-28-22-11-7-6-10-21(19)22)25(32)29-14-20(31)16-36(34,35)15-18-8-4-3-5-9-18/h6-7,10-11,17-18,23-24,34-35H,3-5,8-9,12-16,27H2,1-2H3,(H-,29,30,32,33)/p+1/t23-,24-/m0/s1. The molecule has 6 N–H and O–H groups in total. The smallest absolute Gasteiger partial charge is 0.275 e. The number of rotatable bonds is 12. The Kier molecular flexibility index (Phi) is 10.1. The van der Waals surface area contributed by atoms with Crippen molar-refractivity contribution >= 4 is 30.9 Å². The third kappa shape index (κ3) is 8.17. The first-order valence-electron chi connectivity index (χ1n) is 12.9. The van der Waals surface area contributed by atoms with Crippen molar-refractivity contribution in [2.75, 3.05) is 25.4 Å². The molecule has 3 rings (SSSR count). The number of nitrogens with two attached hydrogens (primary N) is 1. The minimum absolute atomic E-state index is 0.111. The van der Waals surface area contributed by atoms with Gasteiger partial charge in [0.15, 0.2) is 11.9 Å². The number of benzene rings is 1. The lowest BCUT2D eigenvalue weighted by Crippen LogP contribution is -2.53. The number of hydrogen-bond donors (Lipinski definition) is 5. The van der Waals surface area contributed by atoms with Crippen LogP contribution in [0.3, 0.4) is 0 Å². The molecule has 0 spiro atoms. The van der Waals surface area contributed by atoms with Gasteiger partial charge in [0, 0.05) is 11.6 Å². The summed E-state index contributed by atoms with van der Waals surface area (Å²) in [5.74, 6) is -1.26. The van der Waals surface area contributed by atoms with Crippen molar-refractivity contribution in [1.29, 1.82) is 0 Å². The van der Waals surface area contributed by atoms with Gasteiger partial charge in [-0.05, 0) is 36.3 Å². The zero-order chi connectivity index (χ0) is 26.3. The van der Waals surface area contributed by atoms with Crippen molar-refractivity contribution in [2.45, 2.75) is 64.5 Å². The topological polar surface area (TPSA) is 154 Å². The summed E-state index contributed by atoms with van der Waals surface area (Å²) in [5, 5.41) is 7.11. The molecule has 2 atom stereocenters. The van der Waals surface area contributed by atoms with Crippen LogP contribution in [-0.4, -0.2) is 64.9 Å². The maximum atomic E-state index is 13.1. The van der Waals surface area contributed by atoms with Gasteiger partial charge in [-0.15, -0.1) is 0 Å². The second-order valence-corrected chi connectivity index (χ2v) is 12.9. The summed E-state index contributed by atoms with van der Waals surface area (Å²) in [4.78, 5) is 63.7. The fourth-order valence-electron chi connectivity index (χ4n) is 4.87. The SMILES string of the molecule is CC(C)[C@H](N)C(=O)N[C@@H](CC1=c2ccccc2=NC1)C(=O)NCC(=O)C[P+](O)(O)CC1CCCCC1. The minimum Gasteiger partial charge on any atom is -0.347 e. The largest absolute Gasteiger partial charge is 0.347 e. The summed E-state index contributed by atoms with van der Waals surface area (Å²) < 4.78 is 0. The van der Waals surface area contributed by atoms with E-state index in [-0.39, 0.29) is 37.1 Å². The molecule has 0 radical (unpaired) electrons. The van der Waals surface area contributed by atoms with Gasteiger partial charge in [0.1, 0.15) is 12.2 Å². The molecular formula is C26H40N4O5P+. The molecule has 1 aromatic carbocycles. The van der Waals surface area contributed by atoms with E-state index in [2.05, 4.69) is 15.6 Å². The van der Waals surface area contributed by atoms with Crippen molar-refractivity contribution in [3.05, 3.63) is 34.8 Å². The number of fused-ring (bicyclic) bond motifs is 1. The number of ketones is 1. The lowest BCUT2D eigenvalue weighted by atomic mass is 9.91. The van der Waals surface area contributed by atoms with Crippen LogP contribution < -0.4 is 26.9 Å². The van der Waals surface area contributed by atoms with E-state index >= 15 is 0 Å². The second kappa shape index (κ2) is 12.9. The Bertz CT molecular complexity index is 1070.